The fourth-order valence-electron chi connectivity index (χ4n) is 1.74. The molecule has 0 saturated heterocycles. The van der Waals surface area contributed by atoms with Gasteiger partial charge in [-0.15, -0.1) is 0 Å². The Labute approximate surface area is 188 Å². The highest BCUT2D eigenvalue weighted by molar-refractivity contribution is 14.1. The number of alkyl halides is 22. The zero-order chi connectivity index (χ0) is 27.0. The predicted molar refractivity (Wildman–Crippen MR) is 77.5 cm³/mol. The third kappa shape index (κ3) is 3.86. The normalized spacial score (nSPS) is 20.1. The van der Waals surface area contributed by atoms with Crippen molar-refractivity contribution in [2.45, 2.75) is 55.2 Å². The first-order valence-corrected chi connectivity index (χ1v) is 8.57. The summed E-state index contributed by atoms with van der Waals surface area (Å²) in [7, 11) is 0. The molecule has 0 aromatic carbocycles. The zero-order valence-corrected chi connectivity index (χ0v) is 17.6. The van der Waals surface area contributed by atoms with Crippen molar-refractivity contribution in [2.24, 2.45) is 0 Å². The topological polar surface area (TPSA) is 0 Å². The molecule has 194 valence electrons. The number of rotatable bonds is 7. The summed E-state index contributed by atoms with van der Waals surface area (Å²) in [5.41, 5.74) is -9.03. The Balaban J connectivity index is 7.46. The van der Waals surface area contributed by atoms with Gasteiger partial charge >= 0.3 is 55.2 Å². The highest BCUT2D eigenvalue weighted by atomic mass is 127. The molecule has 0 amide bonds. The Morgan fingerprint density at radius 3 is 0.812 bits per heavy atom. The van der Waals surface area contributed by atoms with Gasteiger partial charge in [-0.1, -0.05) is 0 Å². The second-order valence-corrected chi connectivity index (χ2v) is 8.44. The molecule has 0 aromatic rings. The molecular weight excluding hydrogens is 754 g/mol. The Hall–Kier alpha value is 0.0600. The van der Waals surface area contributed by atoms with E-state index >= 15 is 0 Å². The van der Waals surface area contributed by atoms with Gasteiger partial charge in [-0.25, -0.2) is 8.78 Å². The van der Waals surface area contributed by atoms with Crippen molar-refractivity contribution in [2.75, 3.05) is 0 Å². The van der Waals surface area contributed by atoms with Crippen LogP contribution in [0.25, 0.3) is 0 Å². The Morgan fingerprint density at radius 1 is 0.312 bits per heavy atom. The quantitative estimate of drug-likeness (QED) is 0.140. The van der Waals surface area contributed by atoms with E-state index in [9.17, 15) is 87.8 Å². The lowest BCUT2D eigenvalue weighted by Crippen LogP contribution is -2.80. The van der Waals surface area contributed by atoms with Gasteiger partial charge in [0.15, 0.2) is 0 Å². The average Bonchev–Trinajstić information content (AvgIpc) is 2.49. The lowest BCUT2D eigenvalue weighted by atomic mass is 9.80. The summed E-state index contributed by atoms with van der Waals surface area (Å²) in [6, 6.07) is 0. The van der Waals surface area contributed by atoms with Gasteiger partial charge in [0.1, 0.15) is 0 Å². The van der Waals surface area contributed by atoms with Gasteiger partial charge in [-0.3, -0.25) is 0 Å². The molecule has 22 heteroatoms. The molecular formula is C10F20I2. The van der Waals surface area contributed by atoms with Crippen LogP contribution in [0.15, 0.2) is 0 Å². The van der Waals surface area contributed by atoms with Crippen molar-refractivity contribution in [3.63, 3.8) is 0 Å². The third-order valence-electron chi connectivity index (χ3n) is 3.55. The predicted octanol–water partition coefficient (Wildman–Crippen LogP) is 8.12. The Kier molecular flexibility index (Phi) is 7.80. The van der Waals surface area contributed by atoms with Crippen LogP contribution in [0.1, 0.15) is 0 Å². The maximum Gasteiger partial charge on any atom is 0.438 e. The zero-order valence-electron chi connectivity index (χ0n) is 13.3. The summed E-state index contributed by atoms with van der Waals surface area (Å²) >= 11 is -2.63. The van der Waals surface area contributed by atoms with Crippen LogP contribution in [0.5, 0.6) is 0 Å². The number of hydrogen-bond acceptors (Lipinski definition) is 0. The lowest BCUT2D eigenvalue weighted by molar-refractivity contribution is -0.458. The second-order valence-electron chi connectivity index (χ2n) is 5.60. The summed E-state index contributed by atoms with van der Waals surface area (Å²) in [6.07, 6.45) is -16.0. The molecule has 0 heterocycles. The smallest absolute Gasteiger partial charge is 0.220 e. The second kappa shape index (κ2) is 7.78. The van der Waals surface area contributed by atoms with Crippen LogP contribution in [0, 0.1) is 0 Å². The van der Waals surface area contributed by atoms with Crippen molar-refractivity contribution in [3.8, 4) is 0 Å². The highest BCUT2D eigenvalue weighted by Crippen LogP contribution is 2.69. The van der Waals surface area contributed by atoms with Crippen LogP contribution in [0.2, 0.25) is 0 Å². The minimum Gasteiger partial charge on any atom is -0.220 e. The van der Waals surface area contributed by atoms with E-state index < -0.39 is 100 Å². The van der Waals surface area contributed by atoms with Gasteiger partial charge in [0, 0.05) is 22.6 Å². The number of hydrogen-bond donors (Lipinski definition) is 0. The Morgan fingerprint density at radius 2 is 0.594 bits per heavy atom. The highest BCUT2D eigenvalue weighted by Gasteiger charge is 2.99. The van der Waals surface area contributed by atoms with Crippen molar-refractivity contribution in [3.05, 3.63) is 0 Å². The average molecular weight is 754 g/mol. The summed E-state index contributed by atoms with van der Waals surface area (Å²) in [4.78, 5) is 0. The van der Waals surface area contributed by atoms with E-state index in [-0.39, 0.29) is 0 Å². The molecule has 0 saturated carbocycles. The van der Waals surface area contributed by atoms with Crippen LogP contribution in [0.3, 0.4) is 0 Å². The molecule has 2 unspecified atom stereocenters. The molecule has 0 radical (unpaired) electrons. The fraction of sp³-hybridized carbons (Fsp3) is 1.00. The standard InChI is InChI=1S/C10F20I2/c11-1(8(23,24)25,3(14,15)7(22,31)9(26,27)28)2(12,13)4(16,17)5(18,19)6(20,21)10(29,30)32. The SMILES string of the molecule is FC(F)(F)C(F)(I)C(F)(F)C(F)(C(F)(F)F)C(F)(F)C(F)(F)C(F)(F)C(F)(F)C(F)(F)I. The van der Waals surface area contributed by atoms with Crippen molar-refractivity contribution >= 4 is 45.2 Å². The van der Waals surface area contributed by atoms with E-state index in [4.69, 9.17) is 0 Å². The van der Waals surface area contributed by atoms with Crippen LogP contribution in [-0.4, -0.2) is 55.2 Å². The van der Waals surface area contributed by atoms with E-state index in [0.717, 1.165) is 0 Å². The van der Waals surface area contributed by atoms with Crippen LogP contribution >= 0.6 is 45.2 Å². The first kappa shape index (κ1) is 32.1. The lowest BCUT2D eigenvalue weighted by Gasteiger charge is -2.47. The summed E-state index contributed by atoms with van der Waals surface area (Å²) in [6.45, 7) is 0. The van der Waals surface area contributed by atoms with Crippen molar-refractivity contribution in [1.29, 1.82) is 0 Å². The van der Waals surface area contributed by atoms with Crippen molar-refractivity contribution in [1.82, 2.24) is 0 Å². The van der Waals surface area contributed by atoms with E-state index in [1.54, 1.807) is 0 Å². The van der Waals surface area contributed by atoms with Crippen LogP contribution < -0.4 is 0 Å². The molecule has 2 atom stereocenters. The molecule has 0 aliphatic rings. The van der Waals surface area contributed by atoms with E-state index in [1.165, 1.54) is 0 Å². The molecule has 0 rings (SSSR count). The van der Waals surface area contributed by atoms with Gasteiger partial charge < -0.3 is 0 Å². The molecule has 0 aliphatic carbocycles. The van der Waals surface area contributed by atoms with E-state index in [2.05, 4.69) is 0 Å². The molecule has 0 fully saturated rings. The molecule has 0 bridgehead atoms. The summed E-state index contributed by atoms with van der Waals surface area (Å²) < 4.78 is 247. The maximum atomic E-state index is 14.0. The minimum atomic E-state index is -9.13. The molecule has 0 aromatic heterocycles. The third-order valence-corrected chi connectivity index (χ3v) is 5.51. The van der Waals surface area contributed by atoms with Crippen LogP contribution in [-0.2, 0) is 0 Å². The molecule has 0 N–H and O–H groups in total. The maximum absolute atomic E-state index is 14.0. The first-order valence-electron chi connectivity index (χ1n) is 6.41. The molecule has 0 nitrogen and oxygen atoms in total. The number of halogens is 22. The molecule has 0 spiro atoms. The van der Waals surface area contributed by atoms with Gasteiger partial charge in [-0.05, 0) is 22.6 Å². The summed E-state index contributed by atoms with van der Waals surface area (Å²) in [5, 5.41) is 0. The minimum absolute atomic E-state index is 1.13. The summed E-state index contributed by atoms with van der Waals surface area (Å²) in [5.74, 6) is -43.0. The molecule has 0 aliphatic heterocycles. The van der Waals surface area contributed by atoms with E-state index in [1.807, 2.05) is 0 Å². The van der Waals surface area contributed by atoms with E-state index in [0.29, 0.717) is 0 Å². The Bertz CT molecular complexity index is 695. The van der Waals surface area contributed by atoms with Gasteiger partial charge in [0.25, 0.3) is 0 Å². The van der Waals surface area contributed by atoms with Crippen molar-refractivity contribution < 1.29 is 87.8 Å². The van der Waals surface area contributed by atoms with Gasteiger partial charge in [-0.2, -0.15) is 79.0 Å². The fourth-order valence-corrected chi connectivity index (χ4v) is 2.45. The first-order chi connectivity index (χ1) is 13.2. The monoisotopic (exact) mass is 754 g/mol. The largest absolute Gasteiger partial charge is 0.438 e. The molecule has 32 heavy (non-hydrogen) atoms. The van der Waals surface area contributed by atoms with Gasteiger partial charge in [0.05, 0.1) is 0 Å². The van der Waals surface area contributed by atoms with Gasteiger partial charge in [0.2, 0.25) is 0 Å². The van der Waals surface area contributed by atoms with Crippen LogP contribution in [0.4, 0.5) is 87.8 Å².